The van der Waals surface area contributed by atoms with Crippen molar-refractivity contribution in [2.75, 3.05) is 5.32 Å². The maximum absolute atomic E-state index is 13.5. The van der Waals surface area contributed by atoms with Crippen molar-refractivity contribution >= 4 is 11.7 Å². The Morgan fingerprint density at radius 2 is 1.67 bits per heavy atom. The average molecular weight is 244 g/mol. The van der Waals surface area contributed by atoms with Gasteiger partial charge in [-0.05, 0) is 17.7 Å². The Labute approximate surface area is 104 Å². The number of benzene rings is 2. The van der Waals surface area contributed by atoms with E-state index in [2.05, 4.69) is 5.32 Å². The maximum atomic E-state index is 13.5. The molecule has 0 unspecified atom stereocenters. The summed E-state index contributed by atoms with van der Waals surface area (Å²) in [6.07, 6.45) is 0. The minimum atomic E-state index is -1.30. The SMILES string of the molecule is O=C([O-])[C@H](Nc1ccccc1F)c1ccccc1. The maximum Gasteiger partial charge on any atom is 0.146 e. The van der Waals surface area contributed by atoms with Crippen LogP contribution in [0.1, 0.15) is 11.6 Å². The zero-order valence-electron chi connectivity index (χ0n) is 9.47. The van der Waals surface area contributed by atoms with E-state index < -0.39 is 17.8 Å². The molecule has 0 aliphatic carbocycles. The van der Waals surface area contributed by atoms with E-state index in [-0.39, 0.29) is 5.69 Å². The number of halogens is 1. The molecule has 1 N–H and O–H groups in total. The van der Waals surface area contributed by atoms with Gasteiger partial charge < -0.3 is 15.2 Å². The minimum absolute atomic E-state index is 0.135. The second-order valence-corrected chi connectivity index (χ2v) is 3.79. The summed E-state index contributed by atoms with van der Waals surface area (Å²) < 4.78 is 13.5. The molecule has 0 amide bonds. The number of anilines is 1. The standard InChI is InChI=1S/C14H12FNO2/c15-11-8-4-5-9-12(11)16-13(14(17)18)10-6-2-1-3-7-10/h1-9,13,16H,(H,17,18)/p-1/t13-/m1/s1. The number of hydrogen-bond donors (Lipinski definition) is 1. The van der Waals surface area contributed by atoms with E-state index in [1.807, 2.05) is 0 Å². The van der Waals surface area contributed by atoms with Gasteiger partial charge in [0, 0.05) is 0 Å². The van der Waals surface area contributed by atoms with Crippen LogP contribution in [-0.2, 0) is 4.79 Å². The van der Waals surface area contributed by atoms with E-state index in [4.69, 9.17) is 0 Å². The lowest BCUT2D eigenvalue weighted by atomic mass is 10.1. The number of hydrogen-bond acceptors (Lipinski definition) is 3. The summed E-state index contributed by atoms with van der Waals surface area (Å²) in [5, 5.41) is 13.7. The van der Waals surface area contributed by atoms with E-state index in [9.17, 15) is 14.3 Å². The number of para-hydroxylation sites is 1. The van der Waals surface area contributed by atoms with E-state index >= 15 is 0 Å². The summed E-state index contributed by atoms with van der Waals surface area (Å²) >= 11 is 0. The Morgan fingerprint density at radius 3 is 2.28 bits per heavy atom. The van der Waals surface area contributed by atoms with Crippen molar-refractivity contribution in [1.82, 2.24) is 0 Å². The fraction of sp³-hybridized carbons (Fsp3) is 0.0714. The van der Waals surface area contributed by atoms with Crippen LogP contribution >= 0.6 is 0 Å². The van der Waals surface area contributed by atoms with Gasteiger partial charge in [0.15, 0.2) is 0 Å². The topological polar surface area (TPSA) is 52.2 Å². The van der Waals surface area contributed by atoms with Gasteiger partial charge >= 0.3 is 0 Å². The Balaban J connectivity index is 2.28. The molecule has 2 aromatic rings. The molecule has 0 radical (unpaired) electrons. The molecule has 2 aromatic carbocycles. The molecule has 0 saturated heterocycles. The summed E-state index contributed by atoms with van der Waals surface area (Å²) in [5.74, 6) is -1.80. The molecule has 4 heteroatoms. The molecule has 0 spiro atoms. The van der Waals surface area contributed by atoms with E-state index in [0.717, 1.165) is 0 Å². The molecule has 0 aromatic heterocycles. The third-order valence-corrected chi connectivity index (χ3v) is 2.54. The highest BCUT2D eigenvalue weighted by atomic mass is 19.1. The number of carboxylic acids is 1. The van der Waals surface area contributed by atoms with Crippen LogP contribution < -0.4 is 10.4 Å². The van der Waals surface area contributed by atoms with Gasteiger partial charge in [-0.25, -0.2) is 4.39 Å². The molecule has 0 fully saturated rings. The normalized spacial score (nSPS) is 11.8. The lowest BCUT2D eigenvalue weighted by Gasteiger charge is -2.21. The van der Waals surface area contributed by atoms with Crippen molar-refractivity contribution < 1.29 is 14.3 Å². The Bertz CT molecular complexity index is 543. The zero-order chi connectivity index (χ0) is 13.0. The van der Waals surface area contributed by atoms with Crippen LogP contribution in [0, 0.1) is 5.82 Å². The van der Waals surface area contributed by atoms with Crippen molar-refractivity contribution in [1.29, 1.82) is 0 Å². The first-order chi connectivity index (χ1) is 8.68. The van der Waals surface area contributed by atoms with Crippen molar-refractivity contribution in [3.63, 3.8) is 0 Å². The largest absolute Gasteiger partial charge is 0.548 e. The van der Waals surface area contributed by atoms with Crippen molar-refractivity contribution in [2.45, 2.75) is 6.04 Å². The molecular weight excluding hydrogens is 233 g/mol. The fourth-order valence-electron chi connectivity index (χ4n) is 1.66. The number of nitrogens with one attached hydrogen (secondary N) is 1. The second kappa shape index (κ2) is 5.31. The van der Waals surface area contributed by atoms with Crippen LogP contribution in [0.15, 0.2) is 54.6 Å². The number of carbonyl (C=O) groups excluding carboxylic acids is 1. The molecule has 0 heterocycles. The Kier molecular flexibility index (Phi) is 3.57. The van der Waals surface area contributed by atoms with Crippen LogP contribution in [-0.4, -0.2) is 5.97 Å². The summed E-state index contributed by atoms with van der Waals surface area (Å²) in [6.45, 7) is 0. The first kappa shape index (κ1) is 12.1. The van der Waals surface area contributed by atoms with Crippen LogP contribution in [0.5, 0.6) is 0 Å². The highest BCUT2D eigenvalue weighted by Gasteiger charge is 2.13. The zero-order valence-corrected chi connectivity index (χ0v) is 9.47. The molecule has 0 bridgehead atoms. The molecular formula is C14H11FNO2-. The third-order valence-electron chi connectivity index (χ3n) is 2.54. The van der Waals surface area contributed by atoms with Gasteiger partial charge in [-0.3, -0.25) is 0 Å². The van der Waals surface area contributed by atoms with Crippen molar-refractivity contribution in [3.05, 3.63) is 66.0 Å². The van der Waals surface area contributed by atoms with Crippen LogP contribution in [0.3, 0.4) is 0 Å². The molecule has 18 heavy (non-hydrogen) atoms. The highest BCUT2D eigenvalue weighted by Crippen LogP contribution is 2.21. The van der Waals surface area contributed by atoms with E-state index in [1.165, 1.54) is 18.2 Å². The molecule has 2 rings (SSSR count). The lowest BCUT2D eigenvalue weighted by Crippen LogP contribution is -2.34. The quantitative estimate of drug-likeness (QED) is 0.891. The van der Waals surface area contributed by atoms with Gasteiger partial charge in [-0.2, -0.15) is 0 Å². The lowest BCUT2D eigenvalue weighted by molar-refractivity contribution is -0.307. The Morgan fingerprint density at radius 1 is 1.06 bits per heavy atom. The second-order valence-electron chi connectivity index (χ2n) is 3.79. The summed E-state index contributed by atoms with van der Waals surface area (Å²) in [5.41, 5.74) is 0.649. The molecule has 0 saturated carbocycles. The van der Waals surface area contributed by atoms with Gasteiger partial charge in [0.05, 0.1) is 17.7 Å². The monoisotopic (exact) mass is 244 g/mol. The number of carbonyl (C=O) groups is 1. The van der Waals surface area contributed by atoms with Gasteiger partial charge in [0.25, 0.3) is 0 Å². The number of aliphatic carboxylic acids is 1. The molecule has 0 aliphatic rings. The number of rotatable bonds is 4. The van der Waals surface area contributed by atoms with Crippen LogP contribution in [0.25, 0.3) is 0 Å². The molecule has 3 nitrogen and oxygen atoms in total. The van der Waals surface area contributed by atoms with E-state index in [1.54, 1.807) is 36.4 Å². The first-order valence-corrected chi connectivity index (χ1v) is 5.45. The Hall–Kier alpha value is -2.36. The van der Waals surface area contributed by atoms with Gasteiger partial charge in [0.2, 0.25) is 0 Å². The smallest absolute Gasteiger partial charge is 0.146 e. The summed E-state index contributed by atoms with van der Waals surface area (Å²) in [4.78, 5) is 11.1. The first-order valence-electron chi connectivity index (χ1n) is 5.45. The van der Waals surface area contributed by atoms with Crippen LogP contribution in [0.2, 0.25) is 0 Å². The predicted octanol–water partition coefficient (Wildman–Crippen LogP) is 1.73. The summed E-state index contributed by atoms with van der Waals surface area (Å²) in [6, 6.07) is 13.3. The van der Waals surface area contributed by atoms with Crippen molar-refractivity contribution in [3.8, 4) is 0 Å². The predicted molar refractivity (Wildman–Crippen MR) is 64.2 cm³/mol. The van der Waals surface area contributed by atoms with Gasteiger partial charge in [-0.1, -0.05) is 42.5 Å². The van der Waals surface area contributed by atoms with Crippen molar-refractivity contribution in [2.24, 2.45) is 0 Å². The van der Waals surface area contributed by atoms with Gasteiger partial charge in [0.1, 0.15) is 5.82 Å². The number of carboxylic acid groups (broad SMARTS) is 1. The van der Waals surface area contributed by atoms with E-state index in [0.29, 0.717) is 5.56 Å². The highest BCUT2D eigenvalue weighted by molar-refractivity contribution is 5.77. The van der Waals surface area contributed by atoms with Gasteiger partial charge in [-0.15, -0.1) is 0 Å². The third kappa shape index (κ3) is 2.66. The average Bonchev–Trinajstić information content (AvgIpc) is 2.38. The molecule has 1 atom stereocenters. The summed E-state index contributed by atoms with van der Waals surface area (Å²) in [7, 11) is 0. The molecule has 92 valence electrons. The molecule has 0 aliphatic heterocycles. The van der Waals surface area contributed by atoms with Crippen LogP contribution in [0.4, 0.5) is 10.1 Å². The minimum Gasteiger partial charge on any atom is -0.548 e. The fourth-order valence-corrected chi connectivity index (χ4v) is 1.66.